The number of hydrogen-bond donors (Lipinski definition) is 4. The Bertz CT molecular complexity index is 567. The molecule has 1 heterocycles. The molecule has 0 unspecified atom stereocenters. The monoisotopic (exact) mass is 371 g/mol. The highest BCUT2D eigenvalue weighted by Crippen LogP contribution is 2.24. The zero-order chi connectivity index (χ0) is 18.6. The fourth-order valence-electron chi connectivity index (χ4n) is 2.36. The van der Waals surface area contributed by atoms with E-state index in [0.717, 1.165) is 5.56 Å². The van der Waals surface area contributed by atoms with Gasteiger partial charge in [-0.15, -0.1) is 0 Å². The molecule has 25 heavy (non-hydrogen) atoms. The van der Waals surface area contributed by atoms with Crippen molar-refractivity contribution in [3.05, 3.63) is 29.8 Å². The van der Waals surface area contributed by atoms with Crippen molar-refractivity contribution in [1.82, 2.24) is 5.32 Å². The van der Waals surface area contributed by atoms with Gasteiger partial charge in [-0.1, -0.05) is 12.1 Å². The van der Waals surface area contributed by atoms with Crippen molar-refractivity contribution in [2.75, 3.05) is 0 Å². The van der Waals surface area contributed by atoms with Crippen molar-refractivity contribution in [3.63, 3.8) is 0 Å². The number of hydrogen-bond acceptors (Lipinski definition) is 7. The molecule has 1 aliphatic heterocycles. The molecule has 0 radical (unpaired) electrons. The summed E-state index contributed by atoms with van der Waals surface area (Å²) in [5.41, 5.74) is 0.969. The maximum absolute atomic E-state index is 9.96. The first-order valence-electron chi connectivity index (χ1n) is 8.17. The first-order chi connectivity index (χ1) is 11.8. The lowest BCUT2D eigenvalue weighted by Crippen LogP contribution is -2.58. The van der Waals surface area contributed by atoms with Gasteiger partial charge in [0, 0.05) is 6.54 Å². The fourth-order valence-corrected chi connectivity index (χ4v) is 2.63. The quantitative estimate of drug-likeness (QED) is 0.561. The SMILES string of the molecule is CC(C)OC(=S)NCc1ccc(O[C@@H]2O[C@@H](C)[C@H](O)[C@@H](O)[C@H]2O)cc1. The summed E-state index contributed by atoms with van der Waals surface area (Å²) in [7, 11) is 0. The fraction of sp³-hybridized carbons (Fsp3) is 0.588. The maximum Gasteiger partial charge on any atom is 0.257 e. The summed E-state index contributed by atoms with van der Waals surface area (Å²) < 4.78 is 16.3. The van der Waals surface area contributed by atoms with Crippen LogP contribution in [0, 0.1) is 0 Å². The van der Waals surface area contributed by atoms with Crippen molar-refractivity contribution in [3.8, 4) is 5.75 Å². The highest BCUT2D eigenvalue weighted by molar-refractivity contribution is 7.80. The molecular formula is C17H25NO6S. The molecular weight excluding hydrogens is 346 g/mol. The molecule has 4 N–H and O–H groups in total. The predicted octanol–water partition coefficient (Wildman–Crippen LogP) is 0.692. The number of nitrogens with one attached hydrogen (secondary N) is 1. The molecule has 0 aromatic heterocycles. The summed E-state index contributed by atoms with van der Waals surface area (Å²) in [6, 6.07) is 7.12. The molecule has 0 amide bonds. The van der Waals surface area contributed by atoms with Crippen LogP contribution >= 0.6 is 12.2 Å². The minimum absolute atomic E-state index is 0.0222. The number of ether oxygens (including phenoxy) is 3. The molecule has 1 fully saturated rings. The van der Waals surface area contributed by atoms with E-state index in [4.69, 9.17) is 26.4 Å². The number of aliphatic hydroxyl groups excluding tert-OH is 3. The van der Waals surface area contributed by atoms with Crippen LogP contribution in [0.3, 0.4) is 0 Å². The second kappa shape index (κ2) is 8.77. The van der Waals surface area contributed by atoms with Crippen molar-refractivity contribution in [2.45, 2.75) is 64.1 Å². The van der Waals surface area contributed by atoms with Gasteiger partial charge in [0.15, 0.2) is 0 Å². The Balaban J connectivity index is 1.89. The maximum atomic E-state index is 9.96. The Morgan fingerprint density at radius 1 is 1.16 bits per heavy atom. The summed E-state index contributed by atoms with van der Waals surface area (Å²) in [6.07, 6.45) is -5.48. The molecule has 1 aromatic carbocycles. The van der Waals surface area contributed by atoms with Gasteiger partial charge in [0.1, 0.15) is 24.1 Å². The third kappa shape index (κ3) is 5.52. The van der Waals surface area contributed by atoms with E-state index in [1.165, 1.54) is 0 Å². The van der Waals surface area contributed by atoms with E-state index in [-0.39, 0.29) is 6.10 Å². The van der Waals surface area contributed by atoms with Crippen LogP contribution in [0.15, 0.2) is 24.3 Å². The normalized spacial score (nSPS) is 29.3. The zero-order valence-corrected chi connectivity index (χ0v) is 15.3. The Morgan fingerprint density at radius 3 is 2.40 bits per heavy atom. The minimum Gasteiger partial charge on any atom is -0.468 e. The lowest BCUT2D eigenvalue weighted by Gasteiger charge is -2.38. The third-order valence-corrected chi connectivity index (χ3v) is 4.00. The summed E-state index contributed by atoms with van der Waals surface area (Å²) in [6.45, 7) is 5.92. The first-order valence-corrected chi connectivity index (χ1v) is 8.58. The Kier molecular flexibility index (Phi) is 6.97. The highest BCUT2D eigenvalue weighted by atomic mass is 32.1. The van der Waals surface area contributed by atoms with Crippen LogP contribution in [0.1, 0.15) is 26.3 Å². The lowest BCUT2D eigenvalue weighted by atomic mass is 10.00. The molecule has 2 rings (SSSR count). The van der Waals surface area contributed by atoms with E-state index < -0.39 is 30.7 Å². The topological polar surface area (TPSA) is 100 Å². The molecule has 1 saturated heterocycles. The molecule has 1 aromatic rings. The molecule has 0 spiro atoms. The first kappa shape index (κ1) is 19.9. The van der Waals surface area contributed by atoms with E-state index in [9.17, 15) is 15.3 Å². The highest BCUT2D eigenvalue weighted by Gasteiger charge is 2.43. The Morgan fingerprint density at radius 2 is 1.80 bits per heavy atom. The van der Waals surface area contributed by atoms with Gasteiger partial charge < -0.3 is 34.8 Å². The molecule has 7 nitrogen and oxygen atoms in total. The van der Waals surface area contributed by atoms with Gasteiger partial charge in [-0.05, 0) is 50.7 Å². The van der Waals surface area contributed by atoms with Crippen molar-refractivity contribution >= 4 is 17.4 Å². The molecule has 0 saturated carbocycles. The predicted molar refractivity (Wildman–Crippen MR) is 95.1 cm³/mol. The Hall–Kier alpha value is -1.45. The van der Waals surface area contributed by atoms with Gasteiger partial charge in [0.25, 0.3) is 5.17 Å². The van der Waals surface area contributed by atoms with Crippen LogP contribution in [-0.2, 0) is 16.0 Å². The van der Waals surface area contributed by atoms with Gasteiger partial charge in [-0.25, -0.2) is 0 Å². The number of benzene rings is 1. The van der Waals surface area contributed by atoms with Crippen molar-refractivity contribution in [1.29, 1.82) is 0 Å². The van der Waals surface area contributed by atoms with Crippen LogP contribution in [-0.4, -0.2) is 57.3 Å². The van der Waals surface area contributed by atoms with Crippen LogP contribution in [0.25, 0.3) is 0 Å². The van der Waals surface area contributed by atoms with Crippen LogP contribution < -0.4 is 10.1 Å². The lowest BCUT2D eigenvalue weighted by molar-refractivity contribution is -0.268. The van der Waals surface area contributed by atoms with E-state index >= 15 is 0 Å². The van der Waals surface area contributed by atoms with Crippen LogP contribution in [0.4, 0.5) is 0 Å². The largest absolute Gasteiger partial charge is 0.468 e. The van der Waals surface area contributed by atoms with Crippen LogP contribution in [0.5, 0.6) is 5.75 Å². The van der Waals surface area contributed by atoms with E-state index in [2.05, 4.69) is 5.32 Å². The van der Waals surface area contributed by atoms with E-state index in [1.807, 2.05) is 26.0 Å². The molecule has 1 aliphatic rings. The number of rotatable bonds is 5. The van der Waals surface area contributed by atoms with Gasteiger partial charge in [0.05, 0.1) is 12.2 Å². The summed E-state index contributed by atoms with van der Waals surface area (Å²) >= 11 is 5.06. The molecule has 5 atom stereocenters. The molecule has 140 valence electrons. The standard InChI is InChI=1S/C17H25NO6S/c1-9(2)22-17(25)18-8-11-4-6-12(7-5-11)24-16-15(21)14(20)13(19)10(3)23-16/h4-7,9-10,13-16,19-21H,8H2,1-3H3,(H,18,25)/t10-,13-,14+,15+,16-/m0/s1. The van der Waals surface area contributed by atoms with E-state index in [0.29, 0.717) is 17.5 Å². The molecule has 0 aliphatic carbocycles. The molecule has 0 bridgehead atoms. The smallest absolute Gasteiger partial charge is 0.257 e. The average Bonchev–Trinajstić information content (AvgIpc) is 2.56. The van der Waals surface area contributed by atoms with Crippen molar-refractivity contribution < 1.29 is 29.5 Å². The number of thiocarbonyl (C=S) groups is 1. The third-order valence-electron chi connectivity index (χ3n) is 3.76. The second-order valence-corrected chi connectivity index (χ2v) is 6.62. The van der Waals surface area contributed by atoms with Gasteiger partial charge in [-0.2, -0.15) is 0 Å². The summed E-state index contributed by atoms with van der Waals surface area (Å²) in [5.74, 6) is 0.476. The second-order valence-electron chi connectivity index (χ2n) is 6.25. The Labute approximate surface area is 152 Å². The van der Waals surface area contributed by atoms with Gasteiger partial charge >= 0.3 is 0 Å². The van der Waals surface area contributed by atoms with E-state index in [1.54, 1.807) is 19.1 Å². The van der Waals surface area contributed by atoms with Crippen LogP contribution in [0.2, 0.25) is 0 Å². The minimum atomic E-state index is -1.34. The zero-order valence-electron chi connectivity index (χ0n) is 14.5. The summed E-state index contributed by atoms with van der Waals surface area (Å²) in [4.78, 5) is 0. The molecule has 8 heteroatoms. The van der Waals surface area contributed by atoms with Gasteiger partial charge in [-0.3, -0.25) is 0 Å². The summed E-state index contributed by atoms with van der Waals surface area (Å²) in [5, 5.41) is 32.8. The average molecular weight is 371 g/mol. The van der Waals surface area contributed by atoms with Gasteiger partial charge in [0.2, 0.25) is 6.29 Å². The number of aliphatic hydroxyl groups is 3. The van der Waals surface area contributed by atoms with Crippen molar-refractivity contribution in [2.24, 2.45) is 0 Å².